The molecule has 6 unspecified atom stereocenters. The third-order valence-corrected chi connectivity index (χ3v) is 9.31. The number of allylic oxidation sites excluding steroid dienone is 4. The zero-order chi connectivity index (χ0) is 38.2. The van der Waals surface area contributed by atoms with Crippen LogP contribution >= 0.6 is 0 Å². The molecule has 0 radical (unpaired) electrons. The molecule has 0 fully saturated rings. The molecule has 2 bridgehead atoms. The summed E-state index contributed by atoms with van der Waals surface area (Å²) in [7, 11) is 4.21. The van der Waals surface area contributed by atoms with Gasteiger partial charge in [-0.25, -0.2) is 4.79 Å². The minimum Gasteiger partial charge on any atom is -0.492 e. The number of ether oxygens (including phenoxy) is 4. The van der Waals surface area contributed by atoms with Crippen LogP contribution in [0.5, 0.6) is 0 Å². The van der Waals surface area contributed by atoms with Gasteiger partial charge in [0.2, 0.25) is 11.6 Å². The number of unbranched alkanes of at least 4 members (excludes halogenated alkanes) is 5. The van der Waals surface area contributed by atoms with Gasteiger partial charge in [-0.2, -0.15) is 5.06 Å². The molecule has 51 heavy (non-hydrogen) atoms. The third-order valence-electron chi connectivity index (χ3n) is 9.31. The topological polar surface area (TPSA) is 187 Å². The van der Waals surface area contributed by atoms with Crippen LogP contribution in [0.3, 0.4) is 0 Å². The number of ketones is 2. The summed E-state index contributed by atoms with van der Waals surface area (Å²) in [6.07, 6.45) is 8.25. The normalized spacial score (nSPS) is 25.9. The van der Waals surface area contributed by atoms with E-state index in [0.29, 0.717) is 18.4 Å². The Labute approximate surface area is 302 Å². The number of amides is 2. The molecule has 1 aliphatic carbocycles. The lowest BCUT2D eigenvalue weighted by molar-refractivity contribution is -0.123. The van der Waals surface area contributed by atoms with Crippen LogP contribution in [0.2, 0.25) is 0 Å². The summed E-state index contributed by atoms with van der Waals surface area (Å²) in [6.45, 7) is 9.02. The SMILES string of the molecule is CCCCCCCCN(O)CC1=C2NC(=O)C(C)=CC=CC(OC)C(OC(N)=O)C(C)=CC(C)C(O)C(OC)CC(C)CC(=C(OC)C1=O)C2=O. The van der Waals surface area contributed by atoms with Crippen LogP contribution in [0, 0.1) is 11.8 Å². The maximum atomic E-state index is 14.2. The van der Waals surface area contributed by atoms with Crippen molar-refractivity contribution in [2.45, 2.75) is 110 Å². The van der Waals surface area contributed by atoms with Gasteiger partial charge in [-0.1, -0.05) is 77.2 Å². The second-order valence-electron chi connectivity index (χ2n) is 13.5. The lowest BCUT2D eigenvalue weighted by Gasteiger charge is -2.30. The number of carbonyl (C=O) groups excluding carboxylic acids is 4. The van der Waals surface area contributed by atoms with Crippen molar-refractivity contribution in [1.29, 1.82) is 0 Å². The van der Waals surface area contributed by atoms with E-state index in [4.69, 9.17) is 24.7 Å². The number of nitrogens with zero attached hydrogens (tertiary/aromatic N) is 1. The molecule has 0 aromatic heterocycles. The number of aliphatic hydroxyl groups is 1. The first-order valence-electron chi connectivity index (χ1n) is 17.8. The summed E-state index contributed by atoms with van der Waals surface area (Å²) < 4.78 is 22.2. The Morgan fingerprint density at radius 3 is 2.29 bits per heavy atom. The molecule has 0 saturated carbocycles. The Morgan fingerprint density at radius 1 is 1.02 bits per heavy atom. The highest BCUT2D eigenvalue weighted by Crippen LogP contribution is 2.32. The molecular formula is C38H59N3O10. The van der Waals surface area contributed by atoms with E-state index < -0.39 is 53.9 Å². The van der Waals surface area contributed by atoms with Crippen molar-refractivity contribution in [3.63, 3.8) is 0 Å². The van der Waals surface area contributed by atoms with Crippen LogP contribution in [0.1, 0.15) is 86.0 Å². The van der Waals surface area contributed by atoms with Gasteiger partial charge < -0.3 is 40.3 Å². The van der Waals surface area contributed by atoms with Gasteiger partial charge in [-0.3, -0.25) is 14.4 Å². The predicted molar refractivity (Wildman–Crippen MR) is 192 cm³/mol. The molecule has 0 aromatic rings. The Balaban J connectivity index is 2.63. The van der Waals surface area contributed by atoms with Gasteiger partial charge in [0.05, 0.1) is 31.6 Å². The lowest BCUT2D eigenvalue weighted by Crippen LogP contribution is -2.39. The van der Waals surface area contributed by atoms with Gasteiger partial charge in [0, 0.05) is 43.4 Å². The molecule has 1 aliphatic heterocycles. The molecule has 0 spiro atoms. The van der Waals surface area contributed by atoms with E-state index in [2.05, 4.69) is 12.2 Å². The summed E-state index contributed by atoms with van der Waals surface area (Å²) in [4.78, 5) is 53.5. The second-order valence-corrected chi connectivity index (χ2v) is 13.5. The number of nitrogens with two attached hydrogens (primary N) is 1. The maximum Gasteiger partial charge on any atom is 0.405 e. The molecule has 2 aliphatic rings. The quantitative estimate of drug-likeness (QED) is 0.0885. The number of carbonyl (C=O) groups is 4. The van der Waals surface area contributed by atoms with E-state index in [1.54, 1.807) is 26.0 Å². The molecule has 286 valence electrons. The monoisotopic (exact) mass is 717 g/mol. The Morgan fingerprint density at radius 2 is 1.69 bits per heavy atom. The summed E-state index contributed by atoms with van der Waals surface area (Å²) >= 11 is 0. The van der Waals surface area contributed by atoms with E-state index in [1.165, 1.54) is 40.4 Å². The summed E-state index contributed by atoms with van der Waals surface area (Å²) in [5, 5.41) is 25.8. The van der Waals surface area contributed by atoms with Gasteiger partial charge in [0.1, 0.15) is 6.10 Å². The smallest absolute Gasteiger partial charge is 0.405 e. The highest BCUT2D eigenvalue weighted by atomic mass is 16.6. The minimum atomic E-state index is -1.02. The fraction of sp³-hybridized carbons (Fsp3) is 0.632. The highest BCUT2D eigenvalue weighted by Gasteiger charge is 2.38. The molecule has 13 heteroatoms. The second kappa shape index (κ2) is 21.7. The molecule has 1 heterocycles. The Hall–Kier alpha value is -3.62. The Kier molecular flexibility index (Phi) is 18.5. The summed E-state index contributed by atoms with van der Waals surface area (Å²) in [5.74, 6) is -2.77. The van der Waals surface area contributed by atoms with E-state index in [1.807, 2.05) is 6.92 Å². The number of hydroxylamine groups is 2. The number of methoxy groups -OCH3 is 3. The van der Waals surface area contributed by atoms with Crippen molar-refractivity contribution in [2.24, 2.45) is 17.6 Å². The highest BCUT2D eigenvalue weighted by molar-refractivity contribution is 6.25. The lowest BCUT2D eigenvalue weighted by atomic mass is 9.83. The van der Waals surface area contributed by atoms with E-state index in [9.17, 15) is 29.5 Å². The molecule has 2 amide bonds. The average molecular weight is 718 g/mol. The molecule has 6 atom stereocenters. The van der Waals surface area contributed by atoms with Crippen molar-refractivity contribution in [2.75, 3.05) is 34.4 Å². The molecule has 0 aromatic carbocycles. The van der Waals surface area contributed by atoms with Gasteiger partial charge in [-0.05, 0) is 44.6 Å². The van der Waals surface area contributed by atoms with Crippen LogP contribution < -0.4 is 11.1 Å². The minimum absolute atomic E-state index is 0.0800. The number of hydrogen-bond donors (Lipinski definition) is 4. The number of Topliss-reactive ketones (excluding diaryl/α,β-unsaturated/α-hetero) is 2. The van der Waals surface area contributed by atoms with Crippen molar-refractivity contribution < 1.29 is 48.4 Å². The fourth-order valence-corrected chi connectivity index (χ4v) is 6.39. The zero-order valence-electron chi connectivity index (χ0n) is 31.5. The van der Waals surface area contributed by atoms with Crippen molar-refractivity contribution in [3.8, 4) is 0 Å². The predicted octanol–water partition coefficient (Wildman–Crippen LogP) is 4.83. The van der Waals surface area contributed by atoms with Crippen LogP contribution in [-0.2, 0) is 33.3 Å². The first kappa shape index (κ1) is 43.5. The molecule has 13 nitrogen and oxygen atoms in total. The van der Waals surface area contributed by atoms with Gasteiger partial charge in [0.25, 0.3) is 5.91 Å². The number of fused-ring (bicyclic) bond motifs is 2. The average Bonchev–Trinajstić information content (AvgIpc) is 3.09. The van der Waals surface area contributed by atoms with E-state index >= 15 is 0 Å². The summed E-state index contributed by atoms with van der Waals surface area (Å²) in [6, 6.07) is 0. The molecule has 0 saturated heterocycles. The number of aliphatic hydroxyl groups excluding tert-OH is 1. The fourth-order valence-electron chi connectivity index (χ4n) is 6.39. The number of rotatable bonds is 13. The molecular weight excluding hydrogens is 658 g/mol. The van der Waals surface area contributed by atoms with E-state index in [0.717, 1.165) is 37.2 Å². The summed E-state index contributed by atoms with van der Waals surface area (Å²) in [5.41, 5.74) is 5.91. The largest absolute Gasteiger partial charge is 0.492 e. The van der Waals surface area contributed by atoms with Crippen molar-refractivity contribution in [1.82, 2.24) is 10.4 Å². The first-order valence-corrected chi connectivity index (χ1v) is 17.8. The molecule has 2 rings (SSSR count). The Bertz CT molecular complexity index is 1380. The van der Waals surface area contributed by atoms with Crippen LogP contribution in [0.15, 0.2) is 58.1 Å². The van der Waals surface area contributed by atoms with Gasteiger partial charge in [0.15, 0.2) is 11.9 Å². The van der Waals surface area contributed by atoms with Crippen molar-refractivity contribution in [3.05, 3.63) is 58.1 Å². The number of hydrogen-bond acceptors (Lipinski definition) is 11. The van der Waals surface area contributed by atoms with E-state index in [-0.39, 0.29) is 53.6 Å². The van der Waals surface area contributed by atoms with Crippen LogP contribution in [0.4, 0.5) is 4.79 Å². The zero-order valence-corrected chi connectivity index (χ0v) is 31.5. The molecule has 5 N–H and O–H groups in total. The third kappa shape index (κ3) is 12.8. The maximum absolute atomic E-state index is 14.2. The first-order chi connectivity index (χ1) is 24.2. The van der Waals surface area contributed by atoms with Gasteiger partial charge in [-0.15, -0.1) is 0 Å². The van der Waals surface area contributed by atoms with Gasteiger partial charge >= 0.3 is 6.09 Å². The van der Waals surface area contributed by atoms with Crippen molar-refractivity contribution >= 4 is 23.6 Å². The number of primary amides is 1. The standard InChI is InChI=1S/C38H59N3O10/c1-9-10-11-12-13-14-18-41(47)22-28-31-33(43)27(36(50-8)34(28)44)19-23(2)20-30(49-7)32(42)25(4)21-26(5)35(51-38(39)46)29(48-6)17-15-16-24(3)37(45)40-31/h15-17,21,23,25,29-30,32,35,42,47H,9-14,18-20,22H2,1-8H3,(H2,39,46)(H,40,45). The van der Waals surface area contributed by atoms with Crippen LogP contribution in [0.25, 0.3) is 0 Å². The number of nitrogens with one attached hydrogen (secondary N) is 1. The van der Waals surface area contributed by atoms with Crippen LogP contribution in [-0.4, -0.2) is 97.8 Å².